The SMILES string of the molecule is CCOC(=O)C(C)(Cc1ccn(C)n1)c1ccnc2c(-c3ccc(C(F)(F)F)cc3)cnn12. The number of carbonyl (C=O) groups is 1. The Morgan fingerprint density at radius 1 is 1.12 bits per heavy atom. The van der Waals surface area contributed by atoms with E-state index in [1.165, 1.54) is 22.8 Å². The fourth-order valence-corrected chi connectivity index (χ4v) is 3.83. The fourth-order valence-electron chi connectivity index (χ4n) is 3.83. The Bertz CT molecular complexity index is 1290. The number of aromatic nitrogens is 5. The molecule has 1 aromatic carbocycles. The molecule has 0 N–H and O–H groups in total. The zero-order valence-electron chi connectivity index (χ0n) is 18.3. The van der Waals surface area contributed by atoms with Crippen molar-refractivity contribution in [3.8, 4) is 11.1 Å². The molecular formula is C23H22F3N5O2. The van der Waals surface area contributed by atoms with Gasteiger partial charge in [-0.15, -0.1) is 0 Å². The van der Waals surface area contributed by atoms with Gasteiger partial charge in [0.25, 0.3) is 0 Å². The Hall–Kier alpha value is -3.69. The second kappa shape index (κ2) is 8.34. The third-order valence-electron chi connectivity index (χ3n) is 5.52. The molecule has 0 aliphatic rings. The topological polar surface area (TPSA) is 74.3 Å². The molecule has 7 nitrogen and oxygen atoms in total. The summed E-state index contributed by atoms with van der Waals surface area (Å²) in [6.45, 7) is 3.70. The first kappa shape index (κ1) is 22.5. The maximum absolute atomic E-state index is 13.1. The molecule has 4 rings (SSSR count). The van der Waals surface area contributed by atoms with Crippen molar-refractivity contribution in [3.63, 3.8) is 0 Å². The molecule has 1 unspecified atom stereocenters. The van der Waals surface area contributed by atoms with Gasteiger partial charge in [0.15, 0.2) is 5.65 Å². The lowest BCUT2D eigenvalue weighted by Gasteiger charge is -2.27. The van der Waals surface area contributed by atoms with Crippen molar-refractivity contribution in [2.75, 3.05) is 6.61 Å². The van der Waals surface area contributed by atoms with E-state index < -0.39 is 23.1 Å². The molecule has 4 aromatic rings. The number of esters is 1. The number of aryl methyl sites for hydroxylation is 1. The summed E-state index contributed by atoms with van der Waals surface area (Å²) >= 11 is 0. The lowest BCUT2D eigenvalue weighted by atomic mass is 9.81. The molecule has 172 valence electrons. The van der Waals surface area contributed by atoms with Crippen LogP contribution < -0.4 is 0 Å². The lowest BCUT2D eigenvalue weighted by molar-refractivity contribution is -0.149. The Labute approximate surface area is 187 Å². The van der Waals surface area contributed by atoms with Gasteiger partial charge in [0.2, 0.25) is 0 Å². The van der Waals surface area contributed by atoms with Gasteiger partial charge in [-0.3, -0.25) is 9.48 Å². The fraction of sp³-hybridized carbons (Fsp3) is 0.304. The minimum Gasteiger partial charge on any atom is -0.465 e. The van der Waals surface area contributed by atoms with Gasteiger partial charge < -0.3 is 4.74 Å². The van der Waals surface area contributed by atoms with E-state index in [0.29, 0.717) is 28.2 Å². The van der Waals surface area contributed by atoms with Crippen molar-refractivity contribution in [3.05, 3.63) is 71.9 Å². The smallest absolute Gasteiger partial charge is 0.416 e. The maximum Gasteiger partial charge on any atom is 0.416 e. The van der Waals surface area contributed by atoms with E-state index in [-0.39, 0.29) is 13.0 Å². The summed E-state index contributed by atoms with van der Waals surface area (Å²) in [5.74, 6) is -0.435. The predicted molar refractivity (Wildman–Crippen MR) is 114 cm³/mol. The molecule has 0 saturated heterocycles. The number of hydrogen-bond acceptors (Lipinski definition) is 5. The van der Waals surface area contributed by atoms with E-state index >= 15 is 0 Å². The van der Waals surface area contributed by atoms with Crippen LogP contribution in [0.15, 0.2) is 55.0 Å². The van der Waals surface area contributed by atoms with Crippen molar-refractivity contribution in [2.24, 2.45) is 7.05 Å². The van der Waals surface area contributed by atoms with E-state index in [4.69, 9.17) is 4.74 Å². The van der Waals surface area contributed by atoms with Gasteiger partial charge in [-0.25, -0.2) is 9.50 Å². The highest BCUT2D eigenvalue weighted by atomic mass is 19.4. The summed E-state index contributed by atoms with van der Waals surface area (Å²) in [4.78, 5) is 17.5. The molecule has 0 amide bonds. The molecule has 0 saturated carbocycles. The van der Waals surface area contributed by atoms with Crippen LogP contribution in [0.2, 0.25) is 0 Å². The molecule has 0 radical (unpaired) electrons. The Balaban J connectivity index is 1.81. The van der Waals surface area contributed by atoms with Gasteiger partial charge in [0, 0.05) is 31.4 Å². The lowest BCUT2D eigenvalue weighted by Crippen LogP contribution is -2.39. The molecule has 3 heterocycles. The Kier molecular flexibility index (Phi) is 5.69. The maximum atomic E-state index is 13.1. The highest BCUT2D eigenvalue weighted by Crippen LogP contribution is 2.34. The summed E-state index contributed by atoms with van der Waals surface area (Å²) < 4.78 is 47.4. The van der Waals surface area contributed by atoms with Gasteiger partial charge in [0.1, 0.15) is 5.41 Å². The Morgan fingerprint density at radius 2 is 1.85 bits per heavy atom. The van der Waals surface area contributed by atoms with Gasteiger partial charge in [-0.1, -0.05) is 12.1 Å². The van der Waals surface area contributed by atoms with Crippen molar-refractivity contribution < 1.29 is 22.7 Å². The van der Waals surface area contributed by atoms with Gasteiger partial charge >= 0.3 is 12.1 Å². The van der Waals surface area contributed by atoms with Crippen LogP contribution in [-0.2, 0) is 34.6 Å². The largest absolute Gasteiger partial charge is 0.465 e. The van der Waals surface area contributed by atoms with Crippen LogP contribution in [-0.4, -0.2) is 37.0 Å². The number of fused-ring (bicyclic) bond motifs is 1. The number of alkyl halides is 3. The summed E-state index contributed by atoms with van der Waals surface area (Å²) in [5, 5.41) is 8.82. The minimum atomic E-state index is -4.42. The van der Waals surface area contributed by atoms with Gasteiger partial charge in [-0.05, 0) is 43.7 Å². The zero-order chi connectivity index (χ0) is 23.8. The summed E-state index contributed by atoms with van der Waals surface area (Å²) in [5.41, 5.74) is 0.878. The molecule has 0 spiro atoms. The summed E-state index contributed by atoms with van der Waals surface area (Å²) in [6.07, 6.45) is 0.718. The second-order valence-corrected chi connectivity index (χ2v) is 7.91. The van der Waals surface area contributed by atoms with Crippen LogP contribution in [0.4, 0.5) is 13.2 Å². The van der Waals surface area contributed by atoms with Crippen molar-refractivity contribution in [2.45, 2.75) is 31.9 Å². The second-order valence-electron chi connectivity index (χ2n) is 7.91. The number of hydrogen-bond donors (Lipinski definition) is 0. The van der Waals surface area contributed by atoms with Crippen LogP contribution >= 0.6 is 0 Å². The first-order valence-electron chi connectivity index (χ1n) is 10.3. The third-order valence-corrected chi connectivity index (χ3v) is 5.52. The number of halogens is 3. The number of ether oxygens (including phenoxy) is 1. The molecule has 3 aromatic heterocycles. The van der Waals surface area contributed by atoms with Gasteiger partial charge in [0.05, 0.1) is 29.8 Å². The monoisotopic (exact) mass is 457 g/mol. The molecular weight excluding hydrogens is 435 g/mol. The van der Waals surface area contributed by atoms with E-state index in [1.807, 2.05) is 6.07 Å². The van der Waals surface area contributed by atoms with Gasteiger partial charge in [-0.2, -0.15) is 23.4 Å². The minimum absolute atomic E-state index is 0.209. The number of rotatable bonds is 6. The first-order valence-corrected chi connectivity index (χ1v) is 10.3. The molecule has 0 bridgehead atoms. The zero-order valence-corrected chi connectivity index (χ0v) is 18.3. The summed E-state index contributed by atoms with van der Waals surface area (Å²) in [6, 6.07) is 8.32. The van der Waals surface area contributed by atoms with Crippen LogP contribution in [0.25, 0.3) is 16.8 Å². The predicted octanol–water partition coefficient (Wildman–Crippen LogP) is 4.21. The van der Waals surface area contributed by atoms with E-state index in [1.54, 1.807) is 44.0 Å². The van der Waals surface area contributed by atoms with E-state index in [9.17, 15) is 18.0 Å². The average molecular weight is 457 g/mol. The highest BCUT2D eigenvalue weighted by Gasteiger charge is 2.40. The van der Waals surface area contributed by atoms with E-state index in [2.05, 4.69) is 15.2 Å². The first-order chi connectivity index (χ1) is 15.6. The average Bonchev–Trinajstić information content (AvgIpc) is 3.39. The summed E-state index contributed by atoms with van der Waals surface area (Å²) in [7, 11) is 1.79. The molecule has 0 aliphatic carbocycles. The highest BCUT2D eigenvalue weighted by molar-refractivity contribution is 5.84. The molecule has 1 atom stereocenters. The van der Waals surface area contributed by atoms with Crippen LogP contribution in [0, 0.1) is 0 Å². The molecule has 0 aliphatic heterocycles. The normalized spacial score (nSPS) is 13.8. The molecule has 10 heteroatoms. The Morgan fingerprint density at radius 3 is 2.45 bits per heavy atom. The molecule has 0 fully saturated rings. The van der Waals surface area contributed by atoms with Crippen molar-refractivity contribution >= 4 is 11.6 Å². The van der Waals surface area contributed by atoms with Crippen LogP contribution in [0.3, 0.4) is 0 Å². The number of carbonyl (C=O) groups excluding carboxylic acids is 1. The van der Waals surface area contributed by atoms with Crippen LogP contribution in [0.5, 0.6) is 0 Å². The third kappa shape index (κ3) is 4.20. The molecule has 33 heavy (non-hydrogen) atoms. The van der Waals surface area contributed by atoms with Crippen molar-refractivity contribution in [1.29, 1.82) is 0 Å². The number of nitrogens with zero attached hydrogens (tertiary/aromatic N) is 5. The number of benzene rings is 1. The van der Waals surface area contributed by atoms with E-state index in [0.717, 1.165) is 12.1 Å². The van der Waals surface area contributed by atoms with Crippen LogP contribution in [0.1, 0.15) is 30.8 Å². The quantitative estimate of drug-likeness (QED) is 0.406. The standard InChI is InChI=1S/C23H22F3N5O2/c1-4-33-21(32)22(2,13-17-10-12-30(3)29-17)19-9-11-27-20-18(14-28-31(19)20)15-5-7-16(8-6-15)23(24,25)26/h5-12,14H,4,13H2,1-3H3. The van der Waals surface area contributed by atoms with Crippen molar-refractivity contribution in [1.82, 2.24) is 24.4 Å².